The molecule has 0 aliphatic carbocycles. The van der Waals surface area contributed by atoms with Gasteiger partial charge in [0, 0.05) is 5.03 Å². The lowest BCUT2D eigenvalue weighted by Gasteiger charge is -1.81. The molecule has 50 valence electrons. The van der Waals surface area contributed by atoms with Crippen LogP contribution in [-0.2, 0) is 4.79 Å². The Kier molecular flexibility index (Phi) is 4.06. The Morgan fingerprint density at radius 2 is 2.11 bits per heavy atom. The van der Waals surface area contributed by atoms with Gasteiger partial charge in [0.2, 0.25) is 0 Å². The molecule has 1 nitrogen and oxygen atoms in total. The highest BCUT2D eigenvalue weighted by Gasteiger charge is 1.87. The van der Waals surface area contributed by atoms with E-state index < -0.39 is 0 Å². The van der Waals surface area contributed by atoms with E-state index >= 15 is 0 Å². The van der Waals surface area contributed by atoms with E-state index in [0.29, 0.717) is 5.03 Å². The molecule has 0 aromatic heterocycles. The highest BCUT2D eigenvalue weighted by Crippen LogP contribution is 1.97. The van der Waals surface area contributed by atoms with Gasteiger partial charge in [0.1, 0.15) is 0 Å². The van der Waals surface area contributed by atoms with Gasteiger partial charge in [-0.2, -0.15) is 0 Å². The Bertz CT molecular complexity index is 152. The molecule has 9 heavy (non-hydrogen) atoms. The summed E-state index contributed by atoms with van der Waals surface area (Å²) < 4.78 is 0. The van der Waals surface area contributed by atoms with Gasteiger partial charge in [-0.1, -0.05) is 17.7 Å². The first kappa shape index (κ1) is 8.44. The second kappa shape index (κ2) is 4.33. The summed E-state index contributed by atoms with van der Waals surface area (Å²) in [6.45, 7) is 3.46. The molecule has 0 aliphatic heterocycles. The van der Waals surface area contributed by atoms with Crippen molar-refractivity contribution in [1.82, 2.24) is 0 Å². The third-order valence-electron chi connectivity index (χ3n) is 0.672. The smallest absolute Gasteiger partial charge is 0.179 e. The summed E-state index contributed by atoms with van der Waals surface area (Å²) in [5.74, 6) is -0.0648. The summed E-state index contributed by atoms with van der Waals surface area (Å²) in [5, 5.41) is 0.512. The quantitative estimate of drug-likeness (QED) is 0.544. The van der Waals surface area contributed by atoms with Crippen molar-refractivity contribution in [1.29, 1.82) is 0 Å². The minimum atomic E-state index is -0.0648. The van der Waals surface area contributed by atoms with E-state index in [1.165, 1.54) is 12.2 Å². The van der Waals surface area contributed by atoms with Crippen molar-refractivity contribution >= 4 is 17.4 Å². The summed E-state index contributed by atoms with van der Waals surface area (Å²) in [4.78, 5) is 10.6. The fourth-order valence-electron chi connectivity index (χ4n) is 0.408. The topological polar surface area (TPSA) is 17.1 Å². The second-order valence-corrected chi connectivity index (χ2v) is 2.23. The highest BCUT2D eigenvalue weighted by atomic mass is 35.5. The average molecular weight is 145 g/mol. The van der Waals surface area contributed by atoms with Gasteiger partial charge < -0.3 is 0 Å². The zero-order chi connectivity index (χ0) is 7.28. The predicted octanol–water partition coefficient (Wildman–Crippen LogP) is 2.27. The maximum atomic E-state index is 10.6. The average Bonchev–Trinajstić information content (AvgIpc) is 1.63. The van der Waals surface area contributed by atoms with Crippen LogP contribution in [0.5, 0.6) is 0 Å². The van der Waals surface area contributed by atoms with Crippen LogP contribution in [0, 0.1) is 0 Å². The van der Waals surface area contributed by atoms with E-state index in [9.17, 15) is 4.79 Å². The molecule has 0 rings (SSSR count). The van der Waals surface area contributed by atoms with Crippen LogP contribution in [0.1, 0.15) is 13.8 Å². The highest BCUT2D eigenvalue weighted by molar-refractivity contribution is 6.31. The Hall–Kier alpha value is -0.560. The SMILES string of the molecule is C/C=C/C(=O)/C=C(/C)Cl. The van der Waals surface area contributed by atoms with Crippen LogP contribution < -0.4 is 0 Å². The zero-order valence-corrected chi connectivity index (χ0v) is 6.27. The molecule has 0 saturated heterocycles. The van der Waals surface area contributed by atoms with Gasteiger partial charge in [0.15, 0.2) is 5.78 Å². The predicted molar refractivity (Wildman–Crippen MR) is 39.4 cm³/mol. The van der Waals surface area contributed by atoms with E-state index in [4.69, 9.17) is 11.6 Å². The van der Waals surface area contributed by atoms with Crippen molar-refractivity contribution in [3.8, 4) is 0 Å². The molecule has 2 heteroatoms. The lowest BCUT2D eigenvalue weighted by Crippen LogP contribution is -1.83. The first-order valence-corrected chi connectivity index (χ1v) is 3.05. The largest absolute Gasteiger partial charge is 0.290 e. The van der Waals surface area contributed by atoms with Gasteiger partial charge in [-0.3, -0.25) is 4.79 Å². The number of hydrogen-bond donors (Lipinski definition) is 0. The molecule has 0 fully saturated rings. The third-order valence-corrected chi connectivity index (χ3v) is 0.781. The summed E-state index contributed by atoms with van der Waals surface area (Å²) in [7, 11) is 0. The number of hydrogen-bond acceptors (Lipinski definition) is 1. The first-order valence-electron chi connectivity index (χ1n) is 2.67. The molecule has 0 aromatic carbocycles. The molecule has 0 amide bonds. The zero-order valence-electron chi connectivity index (χ0n) is 5.52. The molecule has 0 unspecified atom stereocenters. The van der Waals surface area contributed by atoms with Gasteiger partial charge in [0.05, 0.1) is 0 Å². The maximum absolute atomic E-state index is 10.6. The Morgan fingerprint density at radius 1 is 1.56 bits per heavy atom. The van der Waals surface area contributed by atoms with E-state index in [-0.39, 0.29) is 5.78 Å². The Morgan fingerprint density at radius 3 is 2.44 bits per heavy atom. The number of allylic oxidation sites excluding steroid dienone is 4. The van der Waals surface area contributed by atoms with Crippen molar-refractivity contribution in [2.45, 2.75) is 13.8 Å². The summed E-state index contributed by atoms with van der Waals surface area (Å²) in [6, 6.07) is 0. The molecule has 0 atom stereocenters. The van der Waals surface area contributed by atoms with Gasteiger partial charge in [0.25, 0.3) is 0 Å². The molecule has 0 N–H and O–H groups in total. The van der Waals surface area contributed by atoms with Crippen LogP contribution in [0.4, 0.5) is 0 Å². The number of carbonyl (C=O) groups excluding carboxylic acids is 1. The molecule has 0 aliphatic rings. The van der Waals surface area contributed by atoms with Crippen LogP contribution in [-0.4, -0.2) is 5.78 Å². The molecule has 0 heterocycles. The molecular formula is C7H9ClO. The van der Waals surface area contributed by atoms with E-state index in [1.807, 2.05) is 0 Å². The minimum absolute atomic E-state index is 0.0648. The van der Waals surface area contributed by atoms with Crippen molar-refractivity contribution in [2.24, 2.45) is 0 Å². The second-order valence-electron chi connectivity index (χ2n) is 1.63. The van der Waals surface area contributed by atoms with Gasteiger partial charge >= 0.3 is 0 Å². The number of halogens is 1. The molecule has 0 radical (unpaired) electrons. The molecular weight excluding hydrogens is 136 g/mol. The van der Waals surface area contributed by atoms with Crippen LogP contribution >= 0.6 is 11.6 Å². The van der Waals surface area contributed by atoms with Crippen molar-refractivity contribution in [2.75, 3.05) is 0 Å². The van der Waals surface area contributed by atoms with E-state index in [0.717, 1.165) is 0 Å². The Balaban J connectivity index is 3.93. The van der Waals surface area contributed by atoms with Crippen LogP contribution in [0.3, 0.4) is 0 Å². The van der Waals surface area contributed by atoms with Gasteiger partial charge in [-0.15, -0.1) is 0 Å². The van der Waals surface area contributed by atoms with Crippen LogP contribution in [0.15, 0.2) is 23.3 Å². The molecule has 0 saturated carbocycles. The summed E-state index contributed by atoms with van der Waals surface area (Å²) >= 11 is 5.41. The van der Waals surface area contributed by atoms with Gasteiger partial charge in [-0.25, -0.2) is 0 Å². The number of ketones is 1. The normalized spacial score (nSPS) is 12.6. The first-order chi connectivity index (χ1) is 4.16. The van der Waals surface area contributed by atoms with Gasteiger partial charge in [-0.05, 0) is 26.0 Å². The lowest BCUT2D eigenvalue weighted by molar-refractivity contribution is -0.110. The number of carbonyl (C=O) groups is 1. The third kappa shape index (κ3) is 5.31. The minimum Gasteiger partial charge on any atom is -0.290 e. The van der Waals surface area contributed by atoms with E-state index in [2.05, 4.69) is 0 Å². The fourth-order valence-corrected chi connectivity index (χ4v) is 0.516. The lowest BCUT2D eigenvalue weighted by atomic mass is 10.3. The Labute approximate surface area is 60.0 Å². The molecule has 0 aromatic rings. The fraction of sp³-hybridized carbons (Fsp3) is 0.286. The summed E-state index contributed by atoms with van der Waals surface area (Å²) in [6.07, 6.45) is 4.52. The summed E-state index contributed by atoms with van der Waals surface area (Å²) in [5.41, 5.74) is 0. The standard InChI is InChI=1S/C7H9ClO/c1-3-4-7(9)5-6(2)8/h3-5H,1-2H3/b4-3+,6-5-. The molecule has 0 bridgehead atoms. The van der Waals surface area contributed by atoms with Crippen molar-refractivity contribution in [3.63, 3.8) is 0 Å². The van der Waals surface area contributed by atoms with Crippen molar-refractivity contribution < 1.29 is 4.79 Å². The molecule has 0 spiro atoms. The van der Waals surface area contributed by atoms with E-state index in [1.54, 1.807) is 19.9 Å². The number of rotatable bonds is 2. The van der Waals surface area contributed by atoms with Crippen molar-refractivity contribution in [3.05, 3.63) is 23.3 Å². The maximum Gasteiger partial charge on any atom is 0.179 e. The van der Waals surface area contributed by atoms with Crippen LogP contribution in [0.2, 0.25) is 0 Å². The van der Waals surface area contributed by atoms with Crippen LogP contribution in [0.25, 0.3) is 0 Å². The monoisotopic (exact) mass is 144 g/mol.